The fourth-order valence-corrected chi connectivity index (χ4v) is 2.26. The van der Waals surface area contributed by atoms with Crippen LogP contribution in [0.15, 0.2) is 11.3 Å². The number of nitrogens with one attached hydrogen (secondary N) is 1. The Hall–Kier alpha value is -1.52. The van der Waals surface area contributed by atoms with Gasteiger partial charge in [0.15, 0.2) is 12.5 Å². The third kappa shape index (κ3) is 1.83. The zero-order chi connectivity index (χ0) is 13.6. The molecule has 19 heavy (non-hydrogen) atoms. The summed E-state index contributed by atoms with van der Waals surface area (Å²) in [6, 6.07) is 0. The molecule has 5 atom stereocenters. The van der Waals surface area contributed by atoms with E-state index in [-0.39, 0.29) is 0 Å². The van der Waals surface area contributed by atoms with Gasteiger partial charge in [-0.05, 0) is 0 Å². The molecular weight excluding hydrogens is 256 g/mol. The van der Waals surface area contributed by atoms with Crippen molar-refractivity contribution in [1.82, 2.24) is 9.55 Å². The molecule has 1 saturated heterocycles. The number of hydrogen-bond donors (Lipinski definition) is 5. The molecule has 2 aliphatic heterocycles. The standard InChI is InChI=1S/C10H14N4O5/c15-1-4-6(16)7(17)10(19-4)14-3-13-5-8(14)11-2-12-9(5)18/h2-4,6-7,9-10,15-18H,1H2,(H,11,12). The number of rotatable bonds is 2. The Balaban J connectivity index is 1.92. The summed E-state index contributed by atoms with van der Waals surface area (Å²) in [7, 11) is 0. The average Bonchev–Trinajstić information content (AvgIpc) is 2.94. The van der Waals surface area contributed by atoms with Gasteiger partial charge in [-0.25, -0.2) is 9.98 Å². The molecule has 0 radical (unpaired) electrons. The van der Waals surface area contributed by atoms with Gasteiger partial charge in [0.2, 0.25) is 0 Å². The van der Waals surface area contributed by atoms with Crippen LogP contribution in [0.1, 0.15) is 18.1 Å². The van der Waals surface area contributed by atoms with Crippen molar-refractivity contribution in [1.29, 1.82) is 0 Å². The molecule has 1 fully saturated rings. The second kappa shape index (κ2) is 4.54. The highest BCUT2D eigenvalue weighted by Crippen LogP contribution is 2.34. The van der Waals surface area contributed by atoms with Crippen LogP contribution in [0.4, 0.5) is 5.82 Å². The molecule has 3 heterocycles. The monoisotopic (exact) mass is 270 g/mol. The minimum Gasteiger partial charge on any atom is -0.394 e. The van der Waals surface area contributed by atoms with Crippen LogP contribution >= 0.6 is 0 Å². The lowest BCUT2D eigenvalue weighted by molar-refractivity contribution is -0.0518. The van der Waals surface area contributed by atoms with E-state index >= 15 is 0 Å². The summed E-state index contributed by atoms with van der Waals surface area (Å²) in [5.41, 5.74) is 0.306. The molecule has 3 rings (SSSR count). The van der Waals surface area contributed by atoms with Crippen molar-refractivity contribution in [3.8, 4) is 0 Å². The summed E-state index contributed by atoms with van der Waals surface area (Å²) >= 11 is 0. The van der Waals surface area contributed by atoms with E-state index in [9.17, 15) is 15.3 Å². The van der Waals surface area contributed by atoms with Gasteiger partial charge in [0, 0.05) is 0 Å². The number of nitrogens with zero attached hydrogens (tertiary/aromatic N) is 3. The van der Waals surface area contributed by atoms with E-state index in [1.807, 2.05) is 0 Å². The fourth-order valence-electron chi connectivity index (χ4n) is 2.26. The summed E-state index contributed by atoms with van der Waals surface area (Å²) in [5, 5.41) is 41.1. The van der Waals surface area contributed by atoms with Gasteiger partial charge in [-0.15, -0.1) is 0 Å². The van der Waals surface area contributed by atoms with E-state index in [2.05, 4.69) is 15.3 Å². The Morgan fingerprint density at radius 2 is 2.11 bits per heavy atom. The van der Waals surface area contributed by atoms with Gasteiger partial charge in [-0.1, -0.05) is 0 Å². The van der Waals surface area contributed by atoms with Gasteiger partial charge in [-0.2, -0.15) is 0 Å². The first-order chi connectivity index (χ1) is 9.13. The minimum absolute atomic E-state index is 0.306. The minimum atomic E-state index is -1.20. The Morgan fingerprint density at radius 3 is 2.79 bits per heavy atom. The van der Waals surface area contributed by atoms with Crippen molar-refractivity contribution in [2.75, 3.05) is 11.9 Å². The summed E-state index contributed by atoms with van der Waals surface area (Å²) in [6.07, 6.45) is -2.53. The summed E-state index contributed by atoms with van der Waals surface area (Å²) < 4.78 is 6.84. The highest BCUT2D eigenvalue weighted by Gasteiger charge is 2.44. The highest BCUT2D eigenvalue weighted by molar-refractivity contribution is 5.77. The van der Waals surface area contributed by atoms with Gasteiger partial charge in [0.25, 0.3) is 0 Å². The Morgan fingerprint density at radius 1 is 1.32 bits per heavy atom. The van der Waals surface area contributed by atoms with E-state index in [0.29, 0.717) is 11.5 Å². The van der Waals surface area contributed by atoms with Gasteiger partial charge >= 0.3 is 0 Å². The highest BCUT2D eigenvalue weighted by atomic mass is 16.6. The van der Waals surface area contributed by atoms with Crippen molar-refractivity contribution in [2.24, 2.45) is 4.99 Å². The van der Waals surface area contributed by atoms with E-state index in [1.54, 1.807) is 0 Å². The molecule has 2 aliphatic rings. The number of hydrogen-bond acceptors (Lipinski definition) is 8. The zero-order valence-electron chi connectivity index (χ0n) is 9.79. The van der Waals surface area contributed by atoms with E-state index in [4.69, 9.17) is 9.84 Å². The summed E-state index contributed by atoms with van der Waals surface area (Å²) in [4.78, 5) is 7.72. The molecular formula is C10H14N4O5. The number of ether oxygens (including phenoxy) is 1. The molecule has 0 aromatic carbocycles. The van der Waals surface area contributed by atoms with Crippen molar-refractivity contribution in [3.63, 3.8) is 0 Å². The molecule has 5 unspecified atom stereocenters. The smallest absolute Gasteiger partial charge is 0.193 e. The first kappa shape index (κ1) is 12.5. The number of fused-ring (bicyclic) bond motifs is 1. The molecule has 0 bridgehead atoms. The van der Waals surface area contributed by atoms with Crippen LogP contribution in [0.3, 0.4) is 0 Å². The predicted molar refractivity (Wildman–Crippen MR) is 62.3 cm³/mol. The SMILES string of the molecule is OCC1OC(n2cnc3c2NC=NC3O)C(O)C1O. The van der Waals surface area contributed by atoms with Crippen molar-refractivity contribution in [2.45, 2.75) is 30.8 Å². The van der Waals surface area contributed by atoms with Crippen LogP contribution in [0, 0.1) is 0 Å². The number of aliphatic hydroxyl groups is 4. The second-order valence-corrected chi connectivity index (χ2v) is 4.41. The van der Waals surface area contributed by atoms with Crippen molar-refractivity contribution < 1.29 is 25.2 Å². The molecule has 9 nitrogen and oxygen atoms in total. The quantitative estimate of drug-likeness (QED) is 0.417. The lowest BCUT2D eigenvalue weighted by Crippen LogP contribution is -2.33. The number of aliphatic imine (C=N–C) groups is 1. The first-order valence-corrected chi connectivity index (χ1v) is 5.79. The summed E-state index contributed by atoms with van der Waals surface area (Å²) in [6.45, 7) is -0.400. The molecule has 5 N–H and O–H groups in total. The molecule has 1 aromatic rings. The zero-order valence-corrected chi connectivity index (χ0v) is 9.79. The lowest BCUT2D eigenvalue weighted by atomic mass is 10.1. The largest absolute Gasteiger partial charge is 0.394 e. The van der Waals surface area contributed by atoms with Crippen molar-refractivity contribution in [3.05, 3.63) is 12.0 Å². The maximum Gasteiger partial charge on any atom is 0.193 e. The Kier molecular flexibility index (Phi) is 2.99. The Bertz CT molecular complexity index is 504. The van der Waals surface area contributed by atoms with Gasteiger partial charge in [-0.3, -0.25) is 4.57 Å². The third-order valence-corrected chi connectivity index (χ3v) is 3.27. The lowest BCUT2D eigenvalue weighted by Gasteiger charge is -2.21. The number of aromatic nitrogens is 2. The van der Waals surface area contributed by atoms with E-state index < -0.39 is 37.4 Å². The van der Waals surface area contributed by atoms with Gasteiger partial charge in [0.05, 0.1) is 19.3 Å². The molecule has 0 amide bonds. The maximum absolute atomic E-state index is 9.94. The maximum atomic E-state index is 9.94. The normalized spacial score (nSPS) is 37.2. The first-order valence-electron chi connectivity index (χ1n) is 5.79. The van der Waals surface area contributed by atoms with Crippen LogP contribution in [-0.4, -0.2) is 61.2 Å². The topological polar surface area (TPSA) is 132 Å². The summed E-state index contributed by atoms with van der Waals surface area (Å²) in [5.74, 6) is 0.428. The van der Waals surface area contributed by atoms with Crippen molar-refractivity contribution >= 4 is 12.2 Å². The van der Waals surface area contributed by atoms with Crippen LogP contribution in [0.25, 0.3) is 0 Å². The van der Waals surface area contributed by atoms with Crippen LogP contribution in [0.5, 0.6) is 0 Å². The van der Waals surface area contributed by atoms with Crippen LogP contribution < -0.4 is 5.32 Å². The Labute approximate surface area is 107 Å². The van der Waals surface area contributed by atoms with Gasteiger partial charge < -0.3 is 30.5 Å². The molecule has 104 valence electrons. The van der Waals surface area contributed by atoms with Gasteiger partial charge in [0.1, 0.15) is 29.8 Å². The van der Waals surface area contributed by atoms with Crippen LogP contribution in [0.2, 0.25) is 0 Å². The van der Waals surface area contributed by atoms with E-state index in [0.717, 1.165) is 0 Å². The molecule has 0 aliphatic carbocycles. The molecule has 9 heteroatoms. The third-order valence-electron chi connectivity index (χ3n) is 3.27. The predicted octanol–water partition coefficient (Wildman–Crippen LogP) is -2.06. The second-order valence-electron chi connectivity index (χ2n) is 4.41. The molecule has 0 spiro atoms. The molecule has 1 aromatic heterocycles. The average molecular weight is 270 g/mol. The fraction of sp³-hybridized carbons (Fsp3) is 0.600. The number of aliphatic hydroxyl groups excluding tert-OH is 4. The number of anilines is 1. The number of imidazole rings is 1. The van der Waals surface area contributed by atoms with E-state index in [1.165, 1.54) is 17.2 Å². The molecule has 0 saturated carbocycles. The van der Waals surface area contributed by atoms with Crippen LogP contribution in [-0.2, 0) is 4.74 Å².